The van der Waals surface area contributed by atoms with Crippen LogP contribution in [0, 0.1) is 5.92 Å². The van der Waals surface area contributed by atoms with Crippen LogP contribution in [0.2, 0.25) is 5.02 Å². The molecule has 1 aliphatic heterocycles. The number of ether oxygens (including phenoxy) is 1. The summed E-state index contributed by atoms with van der Waals surface area (Å²) in [6.07, 6.45) is 6.14. The molecule has 0 N–H and O–H groups in total. The maximum absolute atomic E-state index is 6.51. The molecule has 1 saturated carbocycles. The predicted octanol–water partition coefficient (Wildman–Crippen LogP) is 4.55. The van der Waals surface area contributed by atoms with E-state index in [9.17, 15) is 0 Å². The van der Waals surface area contributed by atoms with E-state index in [1.807, 2.05) is 6.07 Å². The Balaban J connectivity index is 1.82. The van der Waals surface area contributed by atoms with E-state index >= 15 is 0 Å². The lowest BCUT2D eigenvalue weighted by molar-refractivity contribution is -0.0192. The summed E-state index contributed by atoms with van der Waals surface area (Å²) in [5, 5.41) is 0.825. The number of nitrogens with zero attached hydrogens (tertiary/aromatic N) is 1. The first-order chi connectivity index (χ1) is 10.2. The van der Waals surface area contributed by atoms with E-state index < -0.39 is 0 Å². The molecule has 1 aromatic carbocycles. The Morgan fingerprint density at radius 3 is 2.86 bits per heavy atom. The molecule has 0 amide bonds. The smallest absolute Gasteiger partial charge is 0.123 e. The van der Waals surface area contributed by atoms with Crippen LogP contribution in [0.4, 0.5) is 0 Å². The van der Waals surface area contributed by atoms with Gasteiger partial charge in [0.2, 0.25) is 0 Å². The SMILES string of the molecule is CCN(CC)C[C@H]1CCCC[C@]12Cc1cc(Cl)ccc1O2. The minimum atomic E-state index is 0.0217. The molecule has 2 nitrogen and oxygen atoms in total. The van der Waals surface area contributed by atoms with Crippen LogP contribution >= 0.6 is 11.6 Å². The number of rotatable bonds is 4. The molecular formula is C18H26ClNO. The Hall–Kier alpha value is -0.730. The fourth-order valence-electron chi connectivity index (χ4n) is 4.06. The molecule has 0 radical (unpaired) electrons. The molecule has 116 valence electrons. The third-order valence-electron chi connectivity index (χ3n) is 5.35. The van der Waals surface area contributed by atoms with Crippen molar-refractivity contribution in [1.29, 1.82) is 0 Å². The zero-order chi connectivity index (χ0) is 14.9. The van der Waals surface area contributed by atoms with Crippen molar-refractivity contribution in [1.82, 2.24) is 4.90 Å². The van der Waals surface area contributed by atoms with Crippen LogP contribution in [-0.2, 0) is 6.42 Å². The zero-order valence-corrected chi connectivity index (χ0v) is 14.0. The van der Waals surface area contributed by atoms with Gasteiger partial charge in [-0.05, 0) is 56.1 Å². The minimum Gasteiger partial charge on any atom is -0.486 e. The Morgan fingerprint density at radius 2 is 2.10 bits per heavy atom. The van der Waals surface area contributed by atoms with Gasteiger partial charge in [-0.2, -0.15) is 0 Å². The van der Waals surface area contributed by atoms with Crippen LogP contribution in [0.15, 0.2) is 18.2 Å². The lowest BCUT2D eigenvalue weighted by Gasteiger charge is -2.42. The van der Waals surface area contributed by atoms with Gasteiger partial charge in [0, 0.05) is 23.9 Å². The fraction of sp³-hybridized carbons (Fsp3) is 0.667. The largest absolute Gasteiger partial charge is 0.486 e. The number of hydrogen-bond donors (Lipinski definition) is 0. The van der Waals surface area contributed by atoms with Crippen LogP contribution < -0.4 is 4.74 Å². The van der Waals surface area contributed by atoms with Gasteiger partial charge in [-0.15, -0.1) is 0 Å². The third-order valence-corrected chi connectivity index (χ3v) is 5.58. The summed E-state index contributed by atoms with van der Waals surface area (Å²) < 4.78 is 6.51. The topological polar surface area (TPSA) is 12.5 Å². The quantitative estimate of drug-likeness (QED) is 0.809. The Kier molecular flexibility index (Phi) is 4.46. The molecule has 2 atom stereocenters. The highest BCUT2D eigenvalue weighted by molar-refractivity contribution is 6.30. The second-order valence-electron chi connectivity index (χ2n) is 6.52. The van der Waals surface area contributed by atoms with Gasteiger partial charge in [0.05, 0.1) is 0 Å². The number of fused-ring (bicyclic) bond motifs is 1. The van der Waals surface area contributed by atoms with Crippen LogP contribution in [0.1, 0.15) is 45.1 Å². The molecule has 0 bridgehead atoms. The lowest BCUT2D eigenvalue weighted by atomic mass is 9.73. The van der Waals surface area contributed by atoms with Crippen molar-refractivity contribution in [2.45, 2.75) is 51.6 Å². The third kappa shape index (κ3) is 2.93. The van der Waals surface area contributed by atoms with Crippen LogP contribution in [-0.4, -0.2) is 30.1 Å². The highest BCUT2D eigenvalue weighted by atomic mass is 35.5. The highest BCUT2D eigenvalue weighted by Gasteiger charge is 2.47. The highest BCUT2D eigenvalue weighted by Crippen LogP contribution is 2.47. The summed E-state index contributed by atoms with van der Waals surface area (Å²) in [5.41, 5.74) is 1.32. The van der Waals surface area contributed by atoms with Crippen LogP contribution in [0.5, 0.6) is 5.75 Å². The van der Waals surface area contributed by atoms with E-state index in [1.54, 1.807) is 0 Å². The molecule has 1 aliphatic carbocycles. The van der Waals surface area contributed by atoms with Gasteiger partial charge in [0.25, 0.3) is 0 Å². The summed E-state index contributed by atoms with van der Waals surface area (Å²) in [7, 11) is 0. The monoisotopic (exact) mass is 307 g/mol. The van der Waals surface area contributed by atoms with Gasteiger partial charge >= 0.3 is 0 Å². The van der Waals surface area contributed by atoms with Gasteiger partial charge in [-0.25, -0.2) is 0 Å². The van der Waals surface area contributed by atoms with E-state index in [4.69, 9.17) is 16.3 Å². The molecule has 1 fully saturated rings. The summed E-state index contributed by atoms with van der Waals surface area (Å²) >= 11 is 6.15. The molecule has 2 aliphatic rings. The average molecular weight is 308 g/mol. The molecule has 21 heavy (non-hydrogen) atoms. The average Bonchev–Trinajstić information content (AvgIpc) is 2.84. The van der Waals surface area contributed by atoms with Gasteiger partial charge in [-0.1, -0.05) is 31.9 Å². The zero-order valence-electron chi connectivity index (χ0n) is 13.2. The normalized spacial score (nSPS) is 27.9. The van der Waals surface area contributed by atoms with Crippen molar-refractivity contribution in [2.75, 3.05) is 19.6 Å². The number of halogens is 1. The molecule has 1 spiro atoms. The van der Waals surface area contributed by atoms with Gasteiger partial charge in [0.15, 0.2) is 0 Å². The summed E-state index contributed by atoms with van der Waals surface area (Å²) in [5.74, 6) is 1.70. The van der Waals surface area contributed by atoms with Crippen molar-refractivity contribution in [2.24, 2.45) is 5.92 Å². The van der Waals surface area contributed by atoms with Crippen molar-refractivity contribution >= 4 is 11.6 Å². The molecule has 1 heterocycles. The Labute approximate surface area is 133 Å². The molecule has 1 aromatic rings. The first-order valence-electron chi connectivity index (χ1n) is 8.36. The summed E-state index contributed by atoms with van der Waals surface area (Å²) in [6.45, 7) is 7.92. The van der Waals surface area contributed by atoms with Crippen LogP contribution in [0.3, 0.4) is 0 Å². The van der Waals surface area contributed by atoms with Crippen molar-refractivity contribution in [3.05, 3.63) is 28.8 Å². The maximum Gasteiger partial charge on any atom is 0.123 e. The molecule has 0 unspecified atom stereocenters. The maximum atomic E-state index is 6.51. The Morgan fingerprint density at radius 1 is 1.29 bits per heavy atom. The second kappa shape index (κ2) is 6.18. The van der Waals surface area contributed by atoms with Crippen molar-refractivity contribution < 1.29 is 4.74 Å². The molecule has 3 rings (SSSR count). The van der Waals surface area contributed by atoms with E-state index in [2.05, 4.69) is 30.9 Å². The van der Waals surface area contributed by atoms with Gasteiger partial charge in [-0.3, -0.25) is 0 Å². The van der Waals surface area contributed by atoms with Gasteiger partial charge in [0.1, 0.15) is 11.4 Å². The first-order valence-corrected chi connectivity index (χ1v) is 8.74. The van der Waals surface area contributed by atoms with E-state index in [-0.39, 0.29) is 5.60 Å². The number of benzene rings is 1. The van der Waals surface area contributed by atoms with E-state index in [1.165, 1.54) is 31.2 Å². The van der Waals surface area contributed by atoms with Crippen molar-refractivity contribution in [3.63, 3.8) is 0 Å². The molecule has 3 heteroatoms. The number of hydrogen-bond acceptors (Lipinski definition) is 2. The summed E-state index contributed by atoms with van der Waals surface area (Å²) in [6, 6.07) is 6.09. The second-order valence-corrected chi connectivity index (χ2v) is 6.96. The van der Waals surface area contributed by atoms with E-state index in [0.29, 0.717) is 5.92 Å². The minimum absolute atomic E-state index is 0.0217. The van der Waals surface area contributed by atoms with Crippen molar-refractivity contribution in [3.8, 4) is 5.75 Å². The van der Waals surface area contributed by atoms with Gasteiger partial charge < -0.3 is 9.64 Å². The molecular weight excluding hydrogens is 282 g/mol. The standard InChI is InChI=1S/C18H26ClNO/c1-3-20(4-2)13-15-7-5-6-10-18(15)12-14-11-16(19)8-9-17(14)21-18/h8-9,11,15H,3-7,10,12-13H2,1-2H3/t15-,18+/m1/s1. The molecule has 0 aromatic heterocycles. The predicted molar refractivity (Wildman–Crippen MR) is 88.3 cm³/mol. The van der Waals surface area contributed by atoms with Crippen LogP contribution in [0.25, 0.3) is 0 Å². The van der Waals surface area contributed by atoms with E-state index in [0.717, 1.165) is 36.8 Å². The summed E-state index contributed by atoms with van der Waals surface area (Å²) in [4.78, 5) is 2.54. The lowest BCUT2D eigenvalue weighted by Crippen LogP contribution is -2.49. The fourth-order valence-corrected chi connectivity index (χ4v) is 4.26. The molecule has 0 saturated heterocycles. The Bertz CT molecular complexity index is 500. The first kappa shape index (κ1) is 15.2.